The molecular formula is C17H21FN2OS. The second kappa shape index (κ2) is 6.86. The fraction of sp³-hybridized carbons (Fsp3) is 0.471. The number of piperidine rings is 1. The maximum Gasteiger partial charge on any atom is 0.123 e. The minimum Gasteiger partial charge on any atom is -0.391 e. The Morgan fingerprint density at radius 1 is 1.36 bits per heavy atom. The maximum atomic E-state index is 13.0. The molecule has 1 aliphatic rings. The van der Waals surface area contributed by atoms with Crippen LogP contribution in [-0.4, -0.2) is 33.7 Å². The highest BCUT2D eigenvalue weighted by atomic mass is 32.1. The number of aromatic nitrogens is 1. The van der Waals surface area contributed by atoms with E-state index in [-0.39, 0.29) is 18.0 Å². The van der Waals surface area contributed by atoms with Gasteiger partial charge in [0.2, 0.25) is 0 Å². The van der Waals surface area contributed by atoms with Crippen molar-refractivity contribution in [3.8, 4) is 0 Å². The van der Waals surface area contributed by atoms with Gasteiger partial charge in [-0.25, -0.2) is 9.37 Å². The van der Waals surface area contributed by atoms with Crippen LogP contribution in [0.15, 0.2) is 29.8 Å². The van der Waals surface area contributed by atoms with Crippen molar-refractivity contribution in [2.24, 2.45) is 0 Å². The van der Waals surface area contributed by atoms with Gasteiger partial charge in [0, 0.05) is 17.5 Å². The number of nitrogens with zero attached hydrogens (tertiary/aromatic N) is 2. The Morgan fingerprint density at radius 3 is 2.82 bits per heavy atom. The first-order valence-corrected chi connectivity index (χ1v) is 8.57. The molecule has 1 aliphatic heterocycles. The number of halogens is 1. The van der Waals surface area contributed by atoms with Crippen LogP contribution in [0.1, 0.15) is 29.0 Å². The van der Waals surface area contributed by atoms with Crippen LogP contribution in [0.2, 0.25) is 0 Å². The summed E-state index contributed by atoms with van der Waals surface area (Å²) in [4.78, 5) is 7.92. The summed E-state index contributed by atoms with van der Waals surface area (Å²) in [6.45, 7) is 3.85. The summed E-state index contributed by atoms with van der Waals surface area (Å²) >= 11 is 1.67. The summed E-state index contributed by atoms with van der Waals surface area (Å²) in [5, 5.41) is 10.4. The molecule has 1 N–H and O–H groups in total. The topological polar surface area (TPSA) is 36.4 Å². The summed E-state index contributed by atoms with van der Waals surface area (Å²) in [6.07, 6.45) is 2.27. The Morgan fingerprint density at radius 2 is 2.14 bits per heavy atom. The molecule has 2 atom stereocenters. The minimum absolute atomic E-state index is 0.0840. The fourth-order valence-electron chi connectivity index (χ4n) is 3.09. The van der Waals surface area contributed by atoms with E-state index in [9.17, 15) is 9.50 Å². The van der Waals surface area contributed by atoms with Gasteiger partial charge in [0.05, 0.1) is 17.3 Å². The normalized spacial score (nSPS) is 22.9. The molecule has 0 amide bonds. The highest BCUT2D eigenvalue weighted by Gasteiger charge is 2.30. The molecule has 3 nitrogen and oxygen atoms in total. The highest BCUT2D eigenvalue weighted by molar-refractivity contribution is 7.09. The Balaban J connectivity index is 1.75. The van der Waals surface area contributed by atoms with Gasteiger partial charge in [-0.1, -0.05) is 12.1 Å². The average Bonchev–Trinajstić information content (AvgIpc) is 2.90. The van der Waals surface area contributed by atoms with E-state index in [1.165, 1.54) is 17.0 Å². The van der Waals surface area contributed by atoms with Gasteiger partial charge in [0.15, 0.2) is 0 Å². The second-order valence-electron chi connectivity index (χ2n) is 5.94. The molecule has 1 aromatic heterocycles. The van der Waals surface area contributed by atoms with Crippen molar-refractivity contribution in [3.05, 3.63) is 51.7 Å². The minimum atomic E-state index is -0.327. The van der Waals surface area contributed by atoms with Crippen LogP contribution in [-0.2, 0) is 13.0 Å². The molecule has 0 saturated carbocycles. The SMILES string of the molecule is Cc1ncsc1CN1CCC[C@H](O)[C@@H]1Cc1ccc(F)cc1. The van der Waals surface area contributed by atoms with Crippen molar-refractivity contribution in [3.63, 3.8) is 0 Å². The molecule has 0 spiro atoms. The number of aryl methyl sites for hydroxylation is 1. The smallest absolute Gasteiger partial charge is 0.123 e. The lowest BCUT2D eigenvalue weighted by molar-refractivity contribution is 0.00710. The Kier molecular flexibility index (Phi) is 4.86. The van der Waals surface area contributed by atoms with Crippen LogP contribution in [0.25, 0.3) is 0 Å². The Labute approximate surface area is 134 Å². The number of aliphatic hydroxyl groups excluding tert-OH is 1. The number of benzene rings is 1. The molecule has 118 valence electrons. The van der Waals surface area contributed by atoms with Crippen LogP contribution in [0.3, 0.4) is 0 Å². The predicted octanol–water partition coefficient (Wildman–Crippen LogP) is 3.16. The Bertz CT molecular complexity index is 613. The summed E-state index contributed by atoms with van der Waals surface area (Å²) in [6, 6.07) is 6.69. The lowest BCUT2D eigenvalue weighted by Gasteiger charge is -2.39. The molecule has 0 unspecified atom stereocenters. The van der Waals surface area contributed by atoms with Crippen molar-refractivity contribution < 1.29 is 9.50 Å². The summed E-state index contributed by atoms with van der Waals surface area (Å²) < 4.78 is 13.0. The van der Waals surface area contributed by atoms with Crippen molar-refractivity contribution >= 4 is 11.3 Å². The first kappa shape index (κ1) is 15.6. The van der Waals surface area contributed by atoms with Gasteiger partial charge in [0.25, 0.3) is 0 Å². The molecule has 2 heterocycles. The van der Waals surface area contributed by atoms with Gasteiger partial charge in [-0.05, 0) is 50.4 Å². The monoisotopic (exact) mass is 320 g/mol. The third-order valence-electron chi connectivity index (χ3n) is 4.41. The Hall–Kier alpha value is -1.30. The largest absolute Gasteiger partial charge is 0.391 e. The average molecular weight is 320 g/mol. The third kappa shape index (κ3) is 3.54. The van der Waals surface area contributed by atoms with Gasteiger partial charge >= 0.3 is 0 Å². The summed E-state index contributed by atoms with van der Waals surface area (Å²) in [5.74, 6) is -0.218. The van der Waals surface area contributed by atoms with Crippen molar-refractivity contribution in [2.75, 3.05) is 6.54 Å². The number of aliphatic hydroxyl groups is 1. The quantitative estimate of drug-likeness (QED) is 0.940. The van der Waals surface area contributed by atoms with E-state index in [4.69, 9.17) is 0 Å². The molecule has 5 heteroatoms. The zero-order valence-corrected chi connectivity index (χ0v) is 13.5. The molecular weight excluding hydrogens is 299 g/mol. The van der Waals surface area contributed by atoms with Gasteiger partial charge < -0.3 is 5.11 Å². The first-order chi connectivity index (χ1) is 10.6. The van der Waals surface area contributed by atoms with E-state index in [2.05, 4.69) is 9.88 Å². The second-order valence-corrected chi connectivity index (χ2v) is 6.88. The lowest BCUT2D eigenvalue weighted by Crippen LogP contribution is -2.48. The van der Waals surface area contributed by atoms with E-state index in [0.717, 1.165) is 43.6 Å². The van der Waals surface area contributed by atoms with Crippen LogP contribution < -0.4 is 0 Å². The van der Waals surface area contributed by atoms with Gasteiger partial charge in [0.1, 0.15) is 5.82 Å². The van der Waals surface area contributed by atoms with Crippen molar-refractivity contribution in [1.29, 1.82) is 0 Å². The molecule has 0 aliphatic carbocycles. The van der Waals surface area contributed by atoms with Crippen LogP contribution >= 0.6 is 11.3 Å². The molecule has 0 bridgehead atoms. The molecule has 2 aromatic rings. The van der Waals surface area contributed by atoms with Crippen LogP contribution in [0, 0.1) is 12.7 Å². The number of hydrogen-bond donors (Lipinski definition) is 1. The number of hydrogen-bond acceptors (Lipinski definition) is 4. The predicted molar refractivity (Wildman–Crippen MR) is 86.4 cm³/mol. The van der Waals surface area contributed by atoms with Gasteiger partial charge in [-0.15, -0.1) is 11.3 Å². The molecule has 1 aromatic carbocycles. The van der Waals surface area contributed by atoms with E-state index in [1.54, 1.807) is 11.3 Å². The molecule has 0 radical (unpaired) electrons. The zero-order chi connectivity index (χ0) is 15.5. The van der Waals surface area contributed by atoms with Crippen LogP contribution in [0.5, 0.6) is 0 Å². The fourth-order valence-corrected chi connectivity index (χ4v) is 3.89. The van der Waals surface area contributed by atoms with Crippen LogP contribution in [0.4, 0.5) is 4.39 Å². The molecule has 1 fully saturated rings. The van der Waals surface area contributed by atoms with Crippen molar-refractivity contribution in [1.82, 2.24) is 9.88 Å². The van der Waals surface area contributed by atoms with E-state index < -0.39 is 0 Å². The first-order valence-electron chi connectivity index (χ1n) is 7.69. The molecule has 3 rings (SSSR count). The number of likely N-dealkylation sites (tertiary alicyclic amines) is 1. The van der Waals surface area contributed by atoms with E-state index in [0.29, 0.717) is 0 Å². The zero-order valence-electron chi connectivity index (χ0n) is 12.7. The van der Waals surface area contributed by atoms with Gasteiger partial charge in [-0.2, -0.15) is 0 Å². The number of rotatable bonds is 4. The standard InChI is InChI=1S/C17H21FN2OS/c1-12-17(22-11-19-12)10-20-8-2-3-16(21)15(20)9-13-4-6-14(18)7-5-13/h4-7,11,15-16,21H,2-3,8-10H2,1H3/t15-,16-/m0/s1. The lowest BCUT2D eigenvalue weighted by atomic mass is 9.93. The molecule has 1 saturated heterocycles. The highest BCUT2D eigenvalue weighted by Crippen LogP contribution is 2.25. The summed E-state index contributed by atoms with van der Waals surface area (Å²) in [7, 11) is 0. The van der Waals surface area contributed by atoms with E-state index >= 15 is 0 Å². The number of thiazole rings is 1. The summed E-state index contributed by atoms with van der Waals surface area (Å²) in [5.41, 5.74) is 4.02. The van der Waals surface area contributed by atoms with E-state index in [1.807, 2.05) is 24.6 Å². The van der Waals surface area contributed by atoms with Gasteiger partial charge in [-0.3, -0.25) is 4.90 Å². The molecule has 22 heavy (non-hydrogen) atoms. The third-order valence-corrected chi connectivity index (χ3v) is 5.33. The van der Waals surface area contributed by atoms with Crippen molar-refractivity contribution in [2.45, 2.75) is 44.9 Å². The maximum absolute atomic E-state index is 13.0.